The molecule has 0 saturated carbocycles. The number of hydrogen-bond acceptors (Lipinski definition) is 3. The van der Waals surface area contributed by atoms with Gasteiger partial charge < -0.3 is 4.90 Å². The summed E-state index contributed by atoms with van der Waals surface area (Å²) in [7, 11) is -3.59. The molecule has 5 nitrogen and oxygen atoms in total. The molecule has 2 aliphatic rings. The van der Waals surface area contributed by atoms with Crippen LogP contribution < -0.4 is 4.72 Å². The number of likely N-dealkylation sites (tertiary alicyclic amines) is 1. The highest BCUT2D eigenvalue weighted by Gasteiger charge is 2.38. The minimum absolute atomic E-state index is 0.000784. The largest absolute Gasteiger partial charge is 0.336 e. The number of sulfonamides is 1. The average molecular weight is 336 g/mol. The predicted octanol–water partition coefficient (Wildman–Crippen LogP) is 1.85. The van der Waals surface area contributed by atoms with Crippen LogP contribution in [0.25, 0.3) is 0 Å². The third-order valence-electron chi connectivity index (χ3n) is 4.64. The molecule has 1 saturated heterocycles. The fourth-order valence-electron chi connectivity index (χ4n) is 3.44. The maximum Gasteiger partial charge on any atom is 0.240 e. The van der Waals surface area contributed by atoms with E-state index < -0.39 is 10.0 Å². The minimum Gasteiger partial charge on any atom is -0.336 e. The number of nitrogens with one attached hydrogen (secondary N) is 1. The van der Waals surface area contributed by atoms with E-state index in [0.29, 0.717) is 11.4 Å². The molecule has 1 aliphatic carbocycles. The van der Waals surface area contributed by atoms with Gasteiger partial charge in [0.2, 0.25) is 15.9 Å². The van der Waals surface area contributed by atoms with Gasteiger partial charge in [0.15, 0.2) is 0 Å². The van der Waals surface area contributed by atoms with Crippen LogP contribution in [0, 0.1) is 0 Å². The Bertz CT molecular complexity index is 735. The van der Waals surface area contributed by atoms with Crippen LogP contribution in [0.1, 0.15) is 44.7 Å². The molecule has 1 aromatic carbocycles. The first-order valence-electron chi connectivity index (χ1n) is 8.11. The summed E-state index contributed by atoms with van der Waals surface area (Å²) in [6.07, 6.45) is 3.28. The fraction of sp³-hybridized carbons (Fsp3) is 0.588. The zero-order valence-electron chi connectivity index (χ0n) is 13.9. The number of aryl methyl sites for hydroxylation is 2. The van der Waals surface area contributed by atoms with Gasteiger partial charge in [-0.1, -0.05) is 6.07 Å². The van der Waals surface area contributed by atoms with Crippen molar-refractivity contribution in [2.75, 3.05) is 6.54 Å². The van der Waals surface area contributed by atoms with E-state index >= 15 is 0 Å². The fourth-order valence-corrected chi connectivity index (χ4v) is 4.71. The molecule has 23 heavy (non-hydrogen) atoms. The number of benzene rings is 1. The molecule has 6 heteroatoms. The van der Waals surface area contributed by atoms with Crippen LogP contribution in [-0.2, 0) is 27.7 Å². The lowest BCUT2D eigenvalue weighted by atomic mass is 10.1. The molecule has 1 N–H and O–H groups in total. The Morgan fingerprint density at radius 1 is 1.17 bits per heavy atom. The Labute approximate surface area is 138 Å². The van der Waals surface area contributed by atoms with Crippen LogP contribution in [-0.4, -0.2) is 37.4 Å². The average Bonchev–Trinajstić information content (AvgIpc) is 3.03. The smallest absolute Gasteiger partial charge is 0.240 e. The van der Waals surface area contributed by atoms with Crippen LogP contribution in [0.15, 0.2) is 23.1 Å². The van der Waals surface area contributed by atoms with Crippen LogP contribution in [0.4, 0.5) is 0 Å². The van der Waals surface area contributed by atoms with Crippen LogP contribution >= 0.6 is 0 Å². The molecular formula is C17H24N2O3S. The molecule has 0 bridgehead atoms. The maximum atomic E-state index is 12.6. The van der Waals surface area contributed by atoms with Crippen molar-refractivity contribution < 1.29 is 13.2 Å². The van der Waals surface area contributed by atoms with Gasteiger partial charge in [0, 0.05) is 24.5 Å². The Balaban J connectivity index is 1.76. The lowest BCUT2D eigenvalue weighted by Crippen LogP contribution is -2.44. The highest BCUT2D eigenvalue weighted by molar-refractivity contribution is 7.89. The van der Waals surface area contributed by atoms with E-state index in [1.54, 1.807) is 17.0 Å². The van der Waals surface area contributed by atoms with Gasteiger partial charge in [-0.3, -0.25) is 4.79 Å². The number of amides is 1. The zero-order chi connectivity index (χ0) is 16.8. The summed E-state index contributed by atoms with van der Waals surface area (Å²) in [5.74, 6) is -0.000784. The lowest BCUT2D eigenvalue weighted by Gasteiger charge is -2.32. The van der Waals surface area contributed by atoms with Crippen molar-refractivity contribution in [3.8, 4) is 0 Å². The maximum absolute atomic E-state index is 12.6. The quantitative estimate of drug-likeness (QED) is 0.916. The molecule has 0 spiro atoms. The zero-order valence-corrected chi connectivity index (χ0v) is 14.7. The summed E-state index contributed by atoms with van der Waals surface area (Å²) in [4.78, 5) is 14.1. The molecule has 1 amide bonds. The highest BCUT2D eigenvalue weighted by atomic mass is 32.2. The van der Waals surface area contributed by atoms with Crippen molar-refractivity contribution in [2.45, 2.75) is 62.9 Å². The van der Waals surface area contributed by atoms with Crippen LogP contribution in [0.5, 0.6) is 0 Å². The van der Waals surface area contributed by atoms with Crippen molar-refractivity contribution >= 4 is 15.9 Å². The first-order valence-corrected chi connectivity index (χ1v) is 9.60. The molecular weight excluding hydrogens is 312 g/mol. The SMILES string of the molecule is CC(C)(C)N1CC(NS(=O)(=O)c2ccc3c(c2)CCC3)CC1=O. The Morgan fingerprint density at radius 2 is 1.87 bits per heavy atom. The van der Waals surface area contributed by atoms with E-state index in [1.807, 2.05) is 26.8 Å². The number of carbonyl (C=O) groups is 1. The number of fused-ring (bicyclic) bond motifs is 1. The predicted molar refractivity (Wildman–Crippen MR) is 88.7 cm³/mol. The molecule has 1 atom stereocenters. The van der Waals surface area contributed by atoms with Gasteiger partial charge >= 0.3 is 0 Å². The number of hydrogen-bond donors (Lipinski definition) is 1. The third-order valence-corrected chi connectivity index (χ3v) is 6.16. The van der Waals surface area contributed by atoms with E-state index in [2.05, 4.69) is 4.72 Å². The van der Waals surface area contributed by atoms with E-state index in [1.165, 1.54) is 5.56 Å². The Hall–Kier alpha value is -1.40. The van der Waals surface area contributed by atoms with Gasteiger partial charge in [-0.2, -0.15) is 0 Å². The number of nitrogens with zero attached hydrogens (tertiary/aromatic N) is 1. The highest BCUT2D eigenvalue weighted by Crippen LogP contribution is 2.26. The van der Waals surface area contributed by atoms with Crippen molar-refractivity contribution in [2.24, 2.45) is 0 Å². The minimum atomic E-state index is -3.59. The molecule has 1 aromatic rings. The first-order chi connectivity index (χ1) is 10.7. The number of carbonyl (C=O) groups excluding carboxylic acids is 1. The van der Waals surface area contributed by atoms with Crippen molar-refractivity contribution in [1.82, 2.24) is 9.62 Å². The summed E-state index contributed by atoms with van der Waals surface area (Å²) in [5, 5.41) is 0. The van der Waals surface area contributed by atoms with Gasteiger partial charge in [-0.05, 0) is 63.3 Å². The van der Waals surface area contributed by atoms with Crippen LogP contribution in [0.2, 0.25) is 0 Å². The summed E-state index contributed by atoms with van der Waals surface area (Å²) in [6, 6.07) is 5.01. The molecule has 3 rings (SSSR count). The molecule has 1 heterocycles. The molecule has 1 aliphatic heterocycles. The van der Waals surface area contributed by atoms with E-state index in [9.17, 15) is 13.2 Å². The molecule has 1 fully saturated rings. The number of rotatable bonds is 3. The van der Waals surface area contributed by atoms with E-state index in [0.717, 1.165) is 24.8 Å². The second-order valence-corrected chi connectivity index (χ2v) is 9.20. The monoisotopic (exact) mass is 336 g/mol. The summed E-state index contributed by atoms with van der Waals surface area (Å²) in [6.45, 7) is 6.30. The lowest BCUT2D eigenvalue weighted by molar-refractivity contribution is -0.131. The summed E-state index contributed by atoms with van der Waals surface area (Å²) < 4.78 is 27.9. The van der Waals surface area contributed by atoms with Gasteiger partial charge in [-0.15, -0.1) is 0 Å². The molecule has 126 valence electrons. The van der Waals surface area contributed by atoms with Gasteiger partial charge in [0.25, 0.3) is 0 Å². The van der Waals surface area contributed by atoms with Gasteiger partial charge in [-0.25, -0.2) is 13.1 Å². The normalized spacial score (nSPS) is 21.8. The van der Waals surface area contributed by atoms with Crippen molar-refractivity contribution in [3.63, 3.8) is 0 Å². The van der Waals surface area contributed by atoms with Gasteiger partial charge in [0.05, 0.1) is 4.90 Å². The third kappa shape index (κ3) is 3.28. The van der Waals surface area contributed by atoms with E-state index in [4.69, 9.17) is 0 Å². The molecule has 1 unspecified atom stereocenters. The summed E-state index contributed by atoms with van der Waals surface area (Å²) >= 11 is 0. The van der Waals surface area contributed by atoms with Crippen molar-refractivity contribution in [3.05, 3.63) is 29.3 Å². The Kier molecular flexibility index (Phi) is 4.01. The standard InChI is InChI=1S/C17H24N2O3S/c1-17(2,3)19-11-14(10-16(19)20)18-23(21,22)15-8-7-12-5-4-6-13(12)9-15/h7-9,14,18H,4-6,10-11H2,1-3H3. The Morgan fingerprint density at radius 3 is 2.52 bits per heavy atom. The topological polar surface area (TPSA) is 66.5 Å². The molecule has 0 radical (unpaired) electrons. The van der Waals surface area contributed by atoms with E-state index in [-0.39, 0.29) is 23.9 Å². The second kappa shape index (κ2) is 5.60. The second-order valence-electron chi connectivity index (χ2n) is 7.48. The summed E-state index contributed by atoms with van der Waals surface area (Å²) in [5.41, 5.74) is 2.09. The van der Waals surface area contributed by atoms with Crippen LogP contribution in [0.3, 0.4) is 0 Å². The first kappa shape index (κ1) is 16.5. The van der Waals surface area contributed by atoms with Gasteiger partial charge in [0.1, 0.15) is 0 Å². The molecule has 0 aromatic heterocycles. The van der Waals surface area contributed by atoms with Crippen molar-refractivity contribution in [1.29, 1.82) is 0 Å².